The summed E-state index contributed by atoms with van der Waals surface area (Å²) < 4.78 is 6.82. The van der Waals surface area contributed by atoms with Gasteiger partial charge in [0.05, 0.1) is 27.4 Å². The van der Waals surface area contributed by atoms with E-state index < -0.39 is 0 Å². The van der Waals surface area contributed by atoms with Crippen LogP contribution in [0, 0.1) is 0 Å². The molecular formula is C13H16BrNO2S. The van der Waals surface area contributed by atoms with Gasteiger partial charge in [-0.05, 0) is 40.9 Å². The highest BCUT2D eigenvalue weighted by atomic mass is 79.9. The van der Waals surface area contributed by atoms with E-state index in [4.69, 9.17) is 4.74 Å². The summed E-state index contributed by atoms with van der Waals surface area (Å²) in [7, 11) is 0. The topological polar surface area (TPSA) is 29.5 Å². The Balaban J connectivity index is 1.79. The van der Waals surface area contributed by atoms with Crippen molar-refractivity contribution in [2.24, 2.45) is 0 Å². The fourth-order valence-electron chi connectivity index (χ4n) is 2.92. The maximum absolute atomic E-state index is 12.5. The van der Waals surface area contributed by atoms with Crippen LogP contribution in [0.3, 0.4) is 0 Å². The van der Waals surface area contributed by atoms with Crippen molar-refractivity contribution in [3.8, 4) is 0 Å². The molecule has 1 aromatic heterocycles. The molecule has 1 aliphatic heterocycles. The van der Waals surface area contributed by atoms with Gasteiger partial charge in [-0.1, -0.05) is 12.8 Å². The highest BCUT2D eigenvalue weighted by Gasteiger charge is 2.37. The lowest BCUT2D eigenvalue weighted by atomic mass is 9.90. The smallest absolute Gasteiger partial charge is 0.264 e. The third-order valence-electron chi connectivity index (χ3n) is 3.78. The first-order valence-corrected chi connectivity index (χ1v) is 8.04. The van der Waals surface area contributed by atoms with E-state index in [2.05, 4.69) is 15.9 Å². The van der Waals surface area contributed by atoms with Crippen LogP contribution in [0.1, 0.15) is 35.4 Å². The number of thiophene rings is 1. The van der Waals surface area contributed by atoms with E-state index in [0.29, 0.717) is 12.6 Å². The van der Waals surface area contributed by atoms with Gasteiger partial charge in [-0.3, -0.25) is 4.79 Å². The molecule has 2 aliphatic rings. The van der Waals surface area contributed by atoms with Crippen LogP contribution < -0.4 is 0 Å². The molecule has 2 atom stereocenters. The molecule has 0 aromatic carbocycles. The van der Waals surface area contributed by atoms with Gasteiger partial charge in [0.1, 0.15) is 0 Å². The van der Waals surface area contributed by atoms with Crippen molar-refractivity contribution in [1.82, 2.24) is 4.90 Å². The Morgan fingerprint density at radius 1 is 1.39 bits per heavy atom. The summed E-state index contributed by atoms with van der Waals surface area (Å²) in [6, 6.07) is 4.14. The molecule has 18 heavy (non-hydrogen) atoms. The van der Waals surface area contributed by atoms with Crippen molar-refractivity contribution in [1.29, 1.82) is 0 Å². The largest absolute Gasteiger partial charge is 0.374 e. The number of ether oxygens (including phenoxy) is 1. The summed E-state index contributed by atoms with van der Waals surface area (Å²) in [4.78, 5) is 15.4. The summed E-state index contributed by atoms with van der Waals surface area (Å²) in [5, 5.41) is 0. The Morgan fingerprint density at radius 2 is 2.22 bits per heavy atom. The Morgan fingerprint density at radius 3 is 3.00 bits per heavy atom. The Kier molecular flexibility index (Phi) is 3.73. The zero-order valence-electron chi connectivity index (χ0n) is 10.1. The van der Waals surface area contributed by atoms with E-state index in [-0.39, 0.29) is 12.0 Å². The molecule has 3 nitrogen and oxygen atoms in total. The van der Waals surface area contributed by atoms with Gasteiger partial charge in [-0.2, -0.15) is 0 Å². The summed E-state index contributed by atoms with van der Waals surface area (Å²) in [6.07, 6.45) is 4.89. The van der Waals surface area contributed by atoms with E-state index in [1.54, 1.807) is 0 Å². The lowest BCUT2D eigenvalue weighted by Crippen LogP contribution is -2.54. The van der Waals surface area contributed by atoms with Crippen LogP contribution in [0.2, 0.25) is 0 Å². The predicted octanol–water partition coefficient (Wildman–Crippen LogP) is 3.29. The first-order chi connectivity index (χ1) is 8.75. The first kappa shape index (κ1) is 12.6. The lowest BCUT2D eigenvalue weighted by molar-refractivity contribution is -0.0751. The van der Waals surface area contributed by atoms with Gasteiger partial charge in [-0.25, -0.2) is 0 Å². The van der Waals surface area contributed by atoms with Crippen LogP contribution in [0.15, 0.2) is 15.9 Å². The molecule has 0 spiro atoms. The number of hydrogen-bond donors (Lipinski definition) is 0. The summed E-state index contributed by atoms with van der Waals surface area (Å²) >= 11 is 4.93. The zero-order chi connectivity index (χ0) is 12.5. The van der Waals surface area contributed by atoms with Gasteiger partial charge in [0.15, 0.2) is 0 Å². The second kappa shape index (κ2) is 5.31. The van der Waals surface area contributed by atoms with Gasteiger partial charge in [0.25, 0.3) is 5.91 Å². The zero-order valence-corrected chi connectivity index (χ0v) is 12.5. The monoisotopic (exact) mass is 329 g/mol. The van der Waals surface area contributed by atoms with Crippen molar-refractivity contribution in [2.45, 2.75) is 37.8 Å². The molecule has 2 heterocycles. The Bertz CT molecular complexity index is 446. The van der Waals surface area contributed by atoms with Gasteiger partial charge in [0, 0.05) is 6.54 Å². The van der Waals surface area contributed by atoms with E-state index >= 15 is 0 Å². The number of halogens is 1. The van der Waals surface area contributed by atoms with E-state index in [9.17, 15) is 4.79 Å². The highest BCUT2D eigenvalue weighted by molar-refractivity contribution is 9.11. The van der Waals surface area contributed by atoms with Gasteiger partial charge in [-0.15, -0.1) is 11.3 Å². The normalized spacial score (nSPS) is 27.9. The van der Waals surface area contributed by atoms with Crippen LogP contribution in [0.4, 0.5) is 0 Å². The van der Waals surface area contributed by atoms with E-state index in [1.807, 2.05) is 17.0 Å². The number of hydrogen-bond acceptors (Lipinski definition) is 3. The van der Waals surface area contributed by atoms with Gasteiger partial charge < -0.3 is 9.64 Å². The second-order valence-electron chi connectivity index (χ2n) is 4.86. The molecule has 1 amide bonds. The number of morpholine rings is 1. The molecule has 0 radical (unpaired) electrons. The Hall–Kier alpha value is -0.390. The summed E-state index contributed by atoms with van der Waals surface area (Å²) in [6.45, 7) is 1.41. The molecule has 98 valence electrons. The average molecular weight is 330 g/mol. The van der Waals surface area contributed by atoms with Gasteiger partial charge in [0.2, 0.25) is 0 Å². The van der Waals surface area contributed by atoms with Crippen molar-refractivity contribution in [2.75, 3.05) is 13.2 Å². The van der Waals surface area contributed by atoms with E-state index in [0.717, 1.165) is 28.0 Å². The molecule has 0 unspecified atom stereocenters. The molecule has 5 heteroatoms. The summed E-state index contributed by atoms with van der Waals surface area (Å²) in [5.41, 5.74) is 0. The number of amides is 1. The first-order valence-electron chi connectivity index (χ1n) is 6.43. The second-order valence-corrected chi connectivity index (χ2v) is 7.33. The van der Waals surface area contributed by atoms with Crippen LogP contribution >= 0.6 is 27.3 Å². The number of carbonyl (C=O) groups excluding carboxylic acids is 1. The minimum absolute atomic E-state index is 0.172. The molecule has 2 fully saturated rings. The third-order valence-corrected chi connectivity index (χ3v) is 5.39. The molecule has 3 rings (SSSR count). The minimum atomic E-state index is 0.172. The van der Waals surface area contributed by atoms with Crippen molar-refractivity contribution < 1.29 is 9.53 Å². The summed E-state index contributed by atoms with van der Waals surface area (Å²) in [5.74, 6) is 0.172. The fourth-order valence-corrected chi connectivity index (χ4v) is 4.26. The van der Waals surface area contributed by atoms with Crippen molar-refractivity contribution >= 4 is 33.2 Å². The predicted molar refractivity (Wildman–Crippen MR) is 75.1 cm³/mol. The highest BCUT2D eigenvalue weighted by Crippen LogP contribution is 2.31. The fraction of sp³-hybridized carbons (Fsp3) is 0.615. The molecule has 1 aromatic rings. The molecule has 1 saturated heterocycles. The molecule has 1 aliphatic carbocycles. The van der Waals surface area contributed by atoms with Crippen LogP contribution in [-0.4, -0.2) is 36.1 Å². The number of nitrogens with zero attached hydrogens (tertiary/aromatic N) is 1. The third kappa shape index (κ3) is 2.36. The van der Waals surface area contributed by atoms with Gasteiger partial charge >= 0.3 is 0 Å². The maximum atomic E-state index is 12.5. The molecular weight excluding hydrogens is 314 g/mol. The molecule has 0 bridgehead atoms. The SMILES string of the molecule is O=C(c1ccc(Br)s1)N1CCO[C@@H]2CCCC[C@@H]21. The van der Waals surface area contributed by atoms with Crippen LogP contribution in [-0.2, 0) is 4.74 Å². The number of carbonyl (C=O) groups is 1. The molecule has 0 N–H and O–H groups in total. The van der Waals surface area contributed by atoms with Crippen LogP contribution in [0.25, 0.3) is 0 Å². The molecule has 1 saturated carbocycles. The number of fused-ring (bicyclic) bond motifs is 1. The Labute approximate surface area is 119 Å². The maximum Gasteiger partial charge on any atom is 0.264 e. The quantitative estimate of drug-likeness (QED) is 0.791. The van der Waals surface area contributed by atoms with Crippen molar-refractivity contribution in [3.63, 3.8) is 0 Å². The number of rotatable bonds is 1. The average Bonchev–Trinajstić information content (AvgIpc) is 2.84. The van der Waals surface area contributed by atoms with Crippen molar-refractivity contribution in [3.05, 3.63) is 20.8 Å². The lowest BCUT2D eigenvalue weighted by Gasteiger charge is -2.43. The van der Waals surface area contributed by atoms with Crippen LogP contribution in [0.5, 0.6) is 0 Å². The van der Waals surface area contributed by atoms with E-state index in [1.165, 1.54) is 24.2 Å². The minimum Gasteiger partial charge on any atom is -0.374 e. The standard InChI is InChI=1S/C13H16BrNO2S/c14-12-6-5-11(18-12)13(16)15-7-8-17-10-4-2-1-3-9(10)15/h5-6,9-10H,1-4,7-8H2/t9-,10+/m0/s1.